The summed E-state index contributed by atoms with van der Waals surface area (Å²) in [5.41, 5.74) is 0. The van der Waals surface area contributed by atoms with Gasteiger partial charge in [0, 0.05) is 6.54 Å². The summed E-state index contributed by atoms with van der Waals surface area (Å²) in [5, 5.41) is 3.63. The third-order valence-corrected chi connectivity index (χ3v) is 3.46. The Bertz CT molecular complexity index is 407. The average molecular weight is 255 g/mol. The van der Waals surface area contributed by atoms with Crippen LogP contribution >= 0.6 is 11.5 Å². The van der Waals surface area contributed by atoms with Crippen molar-refractivity contribution in [3.8, 4) is 0 Å². The van der Waals surface area contributed by atoms with Crippen LogP contribution in [-0.4, -0.2) is 46.1 Å². The van der Waals surface area contributed by atoms with Crippen LogP contribution in [0, 0.1) is 0 Å². The minimum Gasteiger partial charge on any atom is -0.467 e. The number of aromatic nitrogens is 2. The molecule has 2 rings (SSSR count). The number of amides is 1. The predicted molar refractivity (Wildman–Crippen MR) is 60.6 cm³/mol. The molecule has 0 N–H and O–H groups in total. The van der Waals surface area contributed by atoms with E-state index in [1.807, 2.05) is 0 Å². The smallest absolute Gasteiger partial charge is 0.328 e. The first kappa shape index (κ1) is 12.0. The summed E-state index contributed by atoms with van der Waals surface area (Å²) in [6, 6.07) is -0.469. The number of esters is 1. The maximum Gasteiger partial charge on any atom is 0.328 e. The second kappa shape index (κ2) is 5.22. The highest BCUT2D eigenvalue weighted by Crippen LogP contribution is 2.21. The first-order chi connectivity index (χ1) is 8.24. The van der Waals surface area contributed by atoms with Crippen molar-refractivity contribution in [2.75, 3.05) is 13.7 Å². The molecule has 1 aliphatic rings. The van der Waals surface area contributed by atoms with E-state index in [1.165, 1.54) is 13.3 Å². The molecule has 1 aromatic rings. The molecule has 1 saturated heterocycles. The van der Waals surface area contributed by atoms with Crippen molar-refractivity contribution in [1.82, 2.24) is 14.5 Å². The number of rotatable bonds is 2. The van der Waals surface area contributed by atoms with Crippen molar-refractivity contribution < 1.29 is 14.3 Å². The standard InChI is InChI=1S/C10H13N3O3S/c1-16-10(15)7-4-2-3-5-13(7)9(14)8-6-11-12-17-8/h6-7H,2-5H2,1H3. The lowest BCUT2D eigenvalue weighted by Gasteiger charge is -2.33. The van der Waals surface area contributed by atoms with Crippen molar-refractivity contribution in [3.05, 3.63) is 11.1 Å². The summed E-state index contributed by atoms with van der Waals surface area (Å²) in [7, 11) is 1.34. The molecule has 1 unspecified atom stereocenters. The van der Waals surface area contributed by atoms with Crippen LogP contribution < -0.4 is 0 Å². The highest BCUT2D eigenvalue weighted by atomic mass is 32.1. The van der Waals surface area contributed by atoms with E-state index < -0.39 is 6.04 Å². The number of likely N-dealkylation sites (tertiary alicyclic amines) is 1. The van der Waals surface area contributed by atoms with E-state index in [0.29, 0.717) is 17.8 Å². The zero-order valence-corrected chi connectivity index (χ0v) is 10.3. The zero-order valence-electron chi connectivity index (χ0n) is 9.46. The summed E-state index contributed by atoms with van der Waals surface area (Å²) < 4.78 is 8.38. The Morgan fingerprint density at radius 3 is 3.00 bits per heavy atom. The maximum absolute atomic E-state index is 12.1. The average Bonchev–Trinajstić information content (AvgIpc) is 2.91. The van der Waals surface area contributed by atoms with Gasteiger partial charge in [0.15, 0.2) is 0 Å². The molecule has 0 aliphatic carbocycles. The molecule has 1 atom stereocenters. The van der Waals surface area contributed by atoms with Gasteiger partial charge in [0.2, 0.25) is 0 Å². The number of nitrogens with zero attached hydrogens (tertiary/aromatic N) is 3. The monoisotopic (exact) mass is 255 g/mol. The lowest BCUT2D eigenvalue weighted by molar-refractivity contribution is -0.147. The van der Waals surface area contributed by atoms with E-state index in [9.17, 15) is 9.59 Å². The molecule has 0 radical (unpaired) electrons. The molecule has 1 amide bonds. The number of hydrogen-bond donors (Lipinski definition) is 0. The van der Waals surface area contributed by atoms with Crippen LogP contribution in [-0.2, 0) is 9.53 Å². The number of piperidine rings is 1. The minimum absolute atomic E-state index is 0.185. The third-order valence-electron chi connectivity index (χ3n) is 2.81. The number of hydrogen-bond acceptors (Lipinski definition) is 6. The number of carbonyl (C=O) groups excluding carboxylic acids is 2. The molecule has 7 heteroatoms. The second-order valence-electron chi connectivity index (χ2n) is 3.82. The zero-order chi connectivity index (χ0) is 12.3. The van der Waals surface area contributed by atoms with E-state index in [4.69, 9.17) is 4.74 Å². The molecule has 0 saturated carbocycles. The summed E-state index contributed by atoms with van der Waals surface area (Å²) in [5.74, 6) is -0.536. The number of ether oxygens (including phenoxy) is 1. The minimum atomic E-state index is -0.469. The highest BCUT2D eigenvalue weighted by Gasteiger charge is 2.33. The van der Waals surface area contributed by atoms with Crippen LogP contribution in [0.25, 0.3) is 0 Å². The molecule has 1 fully saturated rings. The normalized spacial score (nSPS) is 20.1. The second-order valence-corrected chi connectivity index (χ2v) is 4.60. The maximum atomic E-state index is 12.1. The Balaban J connectivity index is 2.16. The van der Waals surface area contributed by atoms with Crippen LogP contribution in [0.1, 0.15) is 28.9 Å². The van der Waals surface area contributed by atoms with Gasteiger partial charge in [-0.2, -0.15) is 0 Å². The molecule has 6 nitrogen and oxygen atoms in total. The first-order valence-electron chi connectivity index (χ1n) is 5.40. The Hall–Kier alpha value is -1.50. The largest absolute Gasteiger partial charge is 0.467 e. The molecule has 1 aromatic heterocycles. The molecular formula is C10H13N3O3S. The lowest BCUT2D eigenvalue weighted by atomic mass is 10.0. The predicted octanol–water partition coefficient (Wildman–Crippen LogP) is 0.706. The Morgan fingerprint density at radius 2 is 2.35 bits per heavy atom. The van der Waals surface area contributed by atoms with Crippen LogP contribution in [0.2, 0.25) is 0 Å². The molecule has 1 aliphatic heterocycles. The third kappa shape index (κ3) is 2.44. The van der Waals surface area contributed by atoms with Gasteiger partial charge in [0.05, 0.1) is 13.3 Å². The summed E-state index contributed by atoms with van der Waals surface area (Å²) in [6.45, 7) is 0.580. The molecule has 0 bridgehead atoms. The van der Waals surface area contributed by atoms with Crippen molar-refractivity contribution in [3.63, 3.8) is 0 Å². The van der Waals surface area contributed by atoms with E-state index in [-0.39, 0.29) is 11.9 Å². The van der Waals surface area contributed by atoms with Gasteiger partial charge in [-0.3, -0.25) is 4.79 Å². The summed E-state index contributed by atoms with van der Waals surface area (Å²) in [4.78, 5) is 25.8. The van der Waals surface area contributed by atoms with Crippen LogP contribution in [0.4, 0.5) is 0 Å². The number of carbonyl (C=O) groups is 2. The lowest BCUT2D eigenvalue weighted by Crippen LogP contribution is -2.48. The van der Waals surface area contributed by atoms with Gasteiger partial charge < -0.3 is 9.64 Å². The van der Waals surface area contributed by atoms with Crippen LogP contribution in [0.5, 0.6) is 0 Å². The molecule has 0 spiro atoms. The fourth-order valence-corrected chi connectivity index (χ4v) is 2.43. The first-order valence-corrected chi connectivity index (χ1v) is 6.17. The van der Waals surface area contributed by atoms with Gasteiger partial charge in [0.25, 0.3) is 5.91 Å². The van der Waals surface area contributed by atoms with Gasteiger partial charge in [-0.1, -0.05) is 4.49 Å². The molecular weight excluding hydrogens is 242 g/mol. The number of methoxy groups -OCH3 is 1. The highest BCUT2D eigenvalue weighted by molar-refractivity contribution is 7.07. The summed E-state index contributed by atoms with van der Waals surface area (Å²) >= 11 is 1.04. The quantitative estimate of drug-likeness (QED) is 0.728. The molecule has 0 aromatic carbocycles. The Kier molecular flexibility index (Phi) is 3.68. The van der Waals surface area contributed by atoms with Gasteiger partial charge in [-0.25, -0.2) is 4.79 Å². The summed E-state index contributed by atoms with van der Waals surface area (Å²) in [6.07, 6.45) is 3.93. The van der Waals surface area contributed by atoms with Crippen LogP contribution in [0.3, 0.4) is 0 Å². The van der Waals surface area contributed by atoms with Gasteiger partial charge in [-0.15, -0.1) is 5.10 Å². The van der Waals surface area contributed by atoms with Crippen molar-refractivity contribution in [2.45, 2.75) is 25.3 Å². The van der Waals surface area contributed by atoms with E-state index >= 15 is 0 Å². The molecule has 17 heavy (non-hydrogen) atoms. The van der Waals surface area contributed by atoms with E-state index in [0.717, 1.165) is 24.4 Å². The Morgan fingerprint density at radius 1 is 1.53 bits per heavy atom. The van der Waals surface area contributed by atoms with Gasteiger partial charge in [-0.05, 0) is 30.8 Å². The van der Waals surface area contributed by atoms with Crippen molar-refractivity contribution in [1.29, 1.82) is 0 Å². The van der Waals surface area contributed by atoms with Gasteiger partial charge >= 0.3 is 5.97 Å². The van der Waals surface area contributed by atoms with E-state index in [1.54, 1.807) is 4.90 Å². The molecule has 92 valence electrons. The topological polar surface area (TPSA) is 72.4 Å². The SMILES string of the molecule is COC(=O)C1CCCCN1C(=O)c1cnns1. The van der Waals surface area contributed by atoms with E-state index in [2.05, 4.69) is 9.59 Å². The molecule has 2 heterocycles. The van der Waals surface area contributed by atoms with Gasteiger partial charge in [0.1, 0.15) is 10.9 Å². The fraction of sp³-hybridized carbons (Fsp3) is 0.600. The van der Waals surface area contributed by atoms with Crippen molar-refractivity contribution in [2.24, 2.45) is 0 Å². The fourth-order valence-electron chi connectivity index (χ4n) is 1.96. The Labute approximate surface area is 103 Å². The van der Waals surface area contributed by atoms with Crippen LogP contribution in [0.15, 0.2) is 6.20 Å². The van der Waals surface area contributed by atoms with Crippen molar-refractivity contribution >= 4 is 23.4 Å².